The summed E-state index contributed by atoms with van der Waals surface area (Å²) in [7, 11) is 11.6. The second-order valence-corrected chi connectivity index (χ2v) is 13.8. The minimum absolute atomic E-state index is 0.269. The molecule has 0 heterocycles. The molecule has 0 saturated carbocycles. The van der Waals surface area contributed by atoms with Crippen LogP contribution in [0.3, 0.4) is 0 Å². The van der Waals surface area contributed by atoms with Crippen molar-refractivity contribution in [2.75, 3.05) is 55.4 Å². The highest BCUT2D eigenvalue weighted by Crippen LogP contribution is 2.15. The fourth-order valence-electron chi connectivity index (χ4n) is 5.03. The van der Waals surface area contributed by atoms with E-state index in [1.807, 2.05) is 42.3 Å². The molecule has 10 nitrogen and oxygen atoms in total. The van der Waals surface area contributed by atoms with Gasteiger partial charge in [-0.1, -0.05) is 77.0 Å². The average Bonchev–Trinajstić information content (AvgIpc) is 2.80. The Morgan fingerprint density at radius 1 is 0.476 bits per heavy atom. The molecule has 246 valence electrons. The first kappa shape index (κ1) is 39.8. The van der Waals surface area contributed by atoms with Gasteiger partial charge in [-0.25, -0.2) is 0 Å². The van der Waals surface area contributed by atoms with Crippen molar-refractivity contribution in [2.24, 2.45) is 0 Å². The van der Waals surface area contributed by atoms with Gasteiger partial charge in [0.2, 0.25) is 0 Å². The SMILES string of the molecule is C[N+](C)(C)CC(CC(=O)[O-])OC(=O)CCCCCCCCCCCCCCCCC(=O)OC(CC(=O)[O-])C[N+](C)(C)C. The van der Waals surface area contributed by atoms with Gasteiger partial charge in [0.05, 0.1) is 42.3 Å². The van der Waals surface area contributed by atoms with E-state index in [9.17, 15) is 29.4 Å². The lowest BCUT2D eigenvalue weighted by atomic mass is 10.0. The van der Waals surface area contributed by atoms with Crippen molar-refractivity contribution in [1.82, 2.24) is 0 Å². The molecule has 0 bridgehead atoms. The zero-order valence-electron chi connectivity index (χ0n) is 27.5. The number of hydrogen-bond acceptors (Lipinski definition) is 8. The summed E-state index contributed by atoms with van der Waals surface area (Å²) >= 11 is 0. The van der Waals surface area contributed by atoms with Crippen LogP contribution in [0.25, 0.3) is 0 Å². The van der Waals surface area contributed by atoms with Crippen molar-refractivity contribution in [1.29, 1.82) is 0 Å². The minimum atomic E-state index is -1.20. The molecule has 0 rings (SSSR count). The van der Waals surface area contributed by atoms with Gasteiger partial charge in [-0.3, -0.25) is 9.59 Å². The highest BCUT2D eigenvalue weighted by molar-refractivity contribution is 5.71. The largest absolute Gasteiger partial charge is 0.550 e. The van der Waals surface area contributed by atoms with Gasteiger partial charge in [-0.15, -0.1) is 0 Å². The lowest BCUT2D eigenvalue weighted by Gasteiger charge is -2.29. The van der Waals surface area contributed by atoms with Gasteiger partial charge in [0.1, 0.15) is 13.1 Å². The van der Waals surface area contributed by atoms with Gasteiger partial charge < -0.3 is 38.2 Å². The van der Waals surface area contributed by atoms with Crippen LogP contribution in [-0.4, -0.2) is 100 Å². The number of ether oxygens (including phenoxy) is 2. The lowest BCUT2D eigenvalue weighted by Crippen LogP contribution is -2.45. The zero-order valence-corrected chi connectivity index (χ0v) is 27.5. The number of nitrogens with zero attached hydrogens (tertiary/aromatic N) is 2. The number of esters is 2. The Bertz CT molecular complexity index is 709. The highest BCUT2D eigenvalue weighted by atomic mass is 16.5. The monoisotopic (exact) mass is 600 g/mol. The molecule has 0 aromatic carbocycles. The van der Waals surface area contributed by atoms with E-state index in [-0.39, 0.29) is 24.8 Å². The second-order valence-electron chi connectivity index (χ2n) is 13.8. The molecule has 0 spiro atoms. The Labute approximate surface area is 254 Å². The number of carboxylic acids is 2. The number of rotatable bonds is 27. The van der Waals surface area contributed by atoms with Crippen molar-refractivity contribution < 1.29 is 47.8 Å². The Balaban J connectivity index is 3.67. The normalized spacial score (nSPS) is 13.4. The molecular weight excluding hydrogens is 540 g/mol. The summed E-state index contributed by atoms with van der Waals surface area (Å²) in [6.45, 7) is 0.875. The number of carbonyl (C=O) groups is 4. The summed E-state index contributed by atoms with van der Waals surface area (Å²) < 4.78 is 11.8. The molecule has 10 heteroatoms. The molecule has 2 atom stereocenters. The molecule has 0 aliphatic heterocycles. The highest BCUT2D eigenvalue weighted by Gasteiger charge is 2.23. The number of quaternary nitrogens is 2. The van der Waals surface area contributed by atoms with E-state index in [4.69, 9.17) is 9.47 Å². The van der Waals surface area contributed by atoms with E-state index in [0.29, 0.717) is 34.9 Å². The van der Waals surface area contributed by atoms with Crippen molar-refractivity contribution in [2.45, 2.75) is 128 Å². The van der Waals surface area contributed by atoms with Crippen molar-refractivity contribution in [3.63, 3.8) is 0 Å². The number of aliphatic carboxylic acids is 2. The zero-order chi connectivity index (χ0) is 32.0. The lowest BCUT2D eigenvalue weighted by molar-refractivity contribution is -0.873. The first-order valence-corrected chi connectivity index (χ1v) is 16.0. The Morgan fingerprint density at radius 3 is 0.929 bits per heavy atom. The van der Waals surface area contributed by atoms with Crippen LogP contribution < -0.4 is 10.2 Å². The topological polar surface area (TPSA) is 133 Å². The number of carboxylic acid groups (broad SMARTS) is 2. The summed E-state index contributed by atoms with van der Waals surface area (Å²) in [6, 6.07) is 0. The van der Waals surface area contributed by atoms with E-state index < -0.39 is 24.1 Å². The van der Waals surface area contributed by atoms with Gasteiger partial charge >= 0.3 is 11.9 Å². The van der Waals surface area contributed by atoms with Crippen LogP contribution in [0.1, 0.15) is 116 Å². The van der Waals surface area contributed by atoms with Gasteiger partial charge in [-0.2, -0.15) is 0 Å². The van der Waals surface area contributed by atoms with Gasteiger partial charge in [-0.05, 0) is 12.8 Å². The van der Waals surface area contributed by atoms with Crippen LogP contribution in [0.4, 0.5) is 0 Å². The van der Waals surface area contributed by atoms with Crippen LogP contribution >= 0.6 is 0 Å². The third kappa shape index (κ3) is 27.9. The molecule has 42 heavy (non-hydrogen) atoms. The summed E-state index contributed by atoms with van der Waals surface area (Å²) in [5.41, 5.74) is 0. The molecule has 0 amide bonds. The van der Waals surface area contributed by atoms with E-state index >= 15 is 0 Å². The third-order valence-corrected chi connectivity index (χ3v) is 6.90. The van der Waals surface area contributed by atoms with Crippen LogP contribution in [0, 0.1) is 0 Å². The summed E-state index contributed by atoms with van der Waals surface area (Å²) in [6.07, 6.45) is 14.2. The Morgan fingerprint density at radius 2 is 0.714 bits per heavy atom. The van der Waals surface area contributed by atoms with Crippen molar-refractivity contribution >= 4 is 23.9 Å². The molecule has 0 fully saturated rings. The number of unbranched alkanes of at least 4 members (excludes halogenated alkanes) is 13. The predicted octanol–water partition coefficient (Wildman–Crippen LogP) is 2.74. The molecule has 0 aromatic rings. The fourth-order valence-corrected chi connectivity index (χ4v) is 5.03. The van der Waals surface area contributed by atoms with Crippen LogP contribution in [0.2, 0.25) is 0 Å². The molecule has 0 aliphatic carbocycles. The van der Waals surface area contributed by atoms with Crippen LogP contribution in [0.15, 0.2) is 0 Å². The minimum Gasteiger partial charge on any atom is -0.550 e. The number of hydrogen-bond donors (Lipinski definition) is 0. The number of carbonyl (C=O) groups excluding carboxylic acids is 4. The maximum atomic E-state index is 12.1. The fraction of sp³-hybridized carbons (Fsp3) is 0.875. The molecule has 0 radical (unpaired) electrons. The van der Waals surface area contributed by atoms with E-state index in [1.54, 1.807) is 0 Å². The average molecular weight is 601 g/mol. The molecule has 0 aromatic heterocycles. The van der Waals surface area contributed by atoms with E-state index in [0.717, 1.165) is 51.4 Å². The smallest absolute Gasteiger partial charge is 0.306 e. The summed E-state index contributed by atoms with van der Waals surface area (Å²) in [5, 5.41) is 21.9. The molecular formula is C32H60N2O8. The van der Waals surface area contributed by atoms with E-state index in [1.165, 1.54) is 38.5 Å². The third-order valence-electron chi connectivity index (χ3n) is 6.90. The van der Waals surface area contributed by atoms with Crippen LogP contribution in [-0.2, 0) is 28.7 Å². The molecule has 0 aliphatic rings. The number of likely N-dealkylation sites (N-methyl/N-ethyl adjacent to an activating group) is 2. The second kappa shape index (κ2) is 22.4. The molecule has 0 N–H and O–H groups in total. The predicted molar refractivity (Wildman–Crippen MR) is 159 cm³/mol. The molecule has 0 saturated heterocycles. The first-order valence-electron chi connectivity index (χ1n) is 16.0. The van der Waals surface area contributed by atoms with Crippen molar-refractivity contribution in [3.8, 4) is 0 Å². The molecule has 2 unspecified atom stereocenters. The summed E-state index contributed by atoms with van der Waals surface area (Å²) in [5.74, 6) is -3.05. The quantitative estimate of drug-likeness (QED) is 0.0799. The van der Waals surface area contributed by atoms with Crippen LogP contribution in [0.5, 0.6) is 0 Å². The summed E-state index contributed by atoms with van der Waals surface area (Å²) in [4.78, 5) is 46.1. The standard InChI is InChI=1S/C32H60N2O8/c1-33(2,3)25-27(23-29(35)36)41-31(39)21-19-17-15-13-11-9-7-8-10-12-14-16-18-20-22-32(40)42-28(24-30(37)38)26-34(4,5)6/h27-28H,7-26H2,1-6H3. The maximum Gasteiger partial charge on any atom is 0.306 e. The van der Waals surface area contributed by atoms with Gasteiger partial charge in [0.25, 0.3) is 0 Å². The van der Waals surface area contributed by atoms with Gasteiger partial charge in [0, 0.05) is 37.6 Å². The van der Waals surface area contributed by atoms with Crippen molar-refractivity contribution in [3.05, 3.63) is 0 Å². The van der Waals surface area contributed by atoms with E-state index in [2.05, 4.69) is 0 Å². The van der Waals surface area contributed by atoms with Gasteiger partial charge in [0.15, 0.2) is 12.2 Å². The first-order chi connectivity index (χ1) is 19.6. The Kier molecular flexibility index (Phi) is 21.2. The Hall–Kier alpha value is -2.20. The maximum absolute atomic E-state index is 12.1.